The molecule has 0 aliphatic heterocycles. The molecule has 3 N–H and O–H groups in total. The van der Waals surface area contributed by atoms with Crippen LogP contribution in [0.2, 0.25) is 0 Å². The molecule has 7 heteroatoms. The molecule has 0 spiro atoms. The maximum Gasteiger partial charge on any atom is 0.223 e. The van der Waals surface area contributed by atoms with Crippen molar-refractivity contribution in [1.29, 1.82) is 0 Å². The Morgan fingerprint density at radius 2 is 2.22 bits per heavy atom. The summed E-state index contributed by atoms with van der Waals surface area (Å²) in [5.74, 6) is 1.38. The number of aromatic nitrogens is 4. The Hall–Kier alpha value is -2.57. The predicted molar refractivity (Wildman–Crippen MR) is 67.2 cm³/mol. The molecule has 0 aliphatic rings. The number of nitrogen functional groups attached to an aromatic ring is 1. The first-order valence-electron chi connectivity index (χ1n) is 5.45. The SMILES string of the molecule is CNc1c(C)nc(N)n2nc(-c3ccco3)nc12. The summed E-state index contributed by atoms with van der Waals surface area (Å²) in [5, 5.41) is 7.34. The van der Waals surface area contributed by atoms with E-state index in [4.69, 9.17) is 10.2 Å². The van der Waals surface area contributed by atoms with E-state index in [1.807, 2.05) is 6.92 Å². The Labute approximate surface area is 103 Å². The first kappa shape index (κ1) is 10.6. The van der Waals surface area contributed by atoms with E-state index in [0.717, 1.165) is 11.4 Å². The minimum atomic E-state index is 0.298. The molecule has 0 amide bonds. The second-order valence-electron chi connectivity index (χ2n) is 3.83. The van der Waals surface area contributed by atoms with Crippen molar-refractivity contribution < 1.29 is 4.42 Å². The van der Waals surface area contributed by atoms with E-state index in [2.05, 4.69) is 20.4 Å². The number of hydrogen-bond acceptors (Lipinski definition) is 6. The van der Waals surface area contributed by atoms with Gasteiger partial charge in [0.2, 0.25) is 11.8 Å². The fourth-order valence-electron chi connectivity index (χ4n) is 1.87. The number of hydrogen-bond donors (Lipinski definition) is 2. The number of nitrogens with one attached hydrogen (secondary N) is 1. The highest BCUT2D eigenvalue weighted by Gasteiger charge is 2.15. The summed E-state index contributed by atoms with van der Waals surface area (Å²) in [6.45, 7) is 1.86. The summed E-state index contributed by atoms with van der Waals surface area (Å²) in [6.07, 6.45) is 1.58. The molecule has 0 bridgehead atoms. The van der Waals surface area contributed by atoms with Crippen LogP contribution in [0.4, 0.5) is 11.6 Å². The smallest absolute Gasteiger partial charge is 0.223 e. The van der Waals surface area contributed by atoms with Crippen LogP contribution in [0.5, 0.6) is 0 Å². The second-order valence-corrected chi connectivity index (χ2v) is 3.83. The summed E-state index contributed by atoms with van der Waals surface area (Å²) >= 11 is 0. The van der Waals surface area contributed by atoms with E-state index >= 15 is 0 Å². The zero-order valence-electron chi connectivity index (χ0n) is 10.0. The van der Waals surface area contributed by atoms with Gasteiger partial charge in [-0.15, -0.1) is 5.10 Å². The van der Waals surface area contributed by atoms with Crippen molar-refractivity contribution in [3.05, 3.63) is 24.1 Å². The van der Waals surface area contributed by atoms with Crippen LogP contribution >= 0.6 is 0 Å². The number of fused-ring (bicyclic) bond motifs is 1. The lowest BCUT2D eigenvalue weighted by Gasteiger charge is -2.06. The molecule has 0 unspecified atom stereocenters. The normalized spacial score (nSPS) is 11.0. The van der Waals surface area contributed by atoms with Crippen molar-refractivity contribution in [2.75, 3.05) is 18.1 Å². The van der Waals surface area contributed by atoms with Gasteiger partial charge in [-0.2, -0.15) is 4.52 Å². The van der Waals surface area contributed by atoms with Gasteiger partial charge in [0, 0.05) is 7.05 Å². The van der Waals surface area contributed by atoms with Crippen LogP contribution in [-0.4, -0.2) is 26.6 Å². The van der Waals surface area contributed by atoms with Gasteiger partial charge in [0.15, 0.2) is 11.4 Å². The Morgan fingerprint density at radius 3 is 2.89 bits per heavy atom. The molecule has 0 saturated heterocycles. The highest BCUT2D eigenvalue weighted by atomic mass is 16.3. The number of aryl methyl sites for hydroxylation is 1. The zero-order chi connectivity index (χ0) is 12.7. The topological polar surface area (TPSA) is 94.3 Å². The Balaban J connectivity index is 2.32. The molecule has 3 rings (SSSR count). The summed E-state index contributed by atoms with van der Waals surface area (Å²) in [4.78, 5) is 8.64. The second kappa shape index (κ2) is 3.73. The van der Waals surface area contributed by atoms with Crippen molar-refractivity contribution in [3.8, 4) is 11.6 Å². The minimum absolute atomic E-state index is 0.298. The molecule has 3 heterocycles. The zero-order valence-corrected chi connectivity index (χ0v) is 10.0. The third-order valence-corrected chi connectivity index (χ3v) is 2.68. The van der Waals surface area contributed by atoms with Crippen molar-refractivity contribution in [3.63, 3.8) is 0 Å². The molecule has 0 saturated carbocycles. The molecular weight excluding hydrogens is 232 g/mol. The number of rotatable bonds is 2. The highest BCUT2D eigenvalue weighted by molar-refractivity contribution is 5.72. The highest BCUT2D eigenvalue weighted by Crippen LogP contribution is 2.24. The predicted octanol–water partition coefficient (Wildman–Crippen LogP) is 1.32. The molecule has 0 radical (unpaired) electrons. The van der Waals surface area contributed by atoms with Gasteiger partial charge in [-0.1, -0.05) is 0 Å². The van der Waals surface area contributed by atoms with Gasteiger partial charge in [0.05, 0.1) is 12.0 Å². The largest absolute Gasteiger partial charge is 0.461 e. The van der Waals surface area contributed by atoms with Crippen LogP contribution in [0.15, 0.2) is 22.8 Å². The standard InChI is InChI=1S/C11H12N6O/c1-6-8(13-2)10-15-9(7-4-3-5-18-7)16-17(10)11(12)14-6/h3-5,13H,1-2H3,(H2,12,14). The van der Waals surface area contributed by atoms with Gasteiger partial charge in [0.25, 0.3) is 0 Å². The molecule has 92 valence electrons. The fraction of sp³-hybridized carbons (Fsp3) is 0.182. The molecule has 7 nitrogen and oxygen atoms in total. The van der Waals surface area contributed by atoms with Crippen molar-refractivity contribution in [2.24, 2.45) is 0 Å². The first-order chi connectivity index (χ1) is 8.70. The molecule has 0 fully saturated rings. The number of nitrogens with two attached hydrogens (primary N) is 1. The van der Waals surface area contributed by atoms with Crippen LogP contribution in [0.1, 0.15) is 5.69 Å². The summed E-state index contributed by atoms with van der Waals surface area (Å²) in [5.41, 5.74) is 8.05. The lowest BCUT2D eigenvalue weighted by Crippen LogP contribution is -2.07. The van der Waals surface area contributed by atoms with Crippen molar-refractivity contribution in [1.82, 2.24) is 19.6 Å². The Bertz CT molecular complexity index is 700. The van der Waals surface area contributed by atoms with E-state index < -0.39 is 0 Å². The van der Waals surface area contributed by atoms with Crippen molar-refractivity contribution in [2.45, 2.75) is 6.92 Å². The van der Waals surface area contributed by atoms with Gasteiger partial charge in [-0.3, -0.25) is 0 Å². The monoisotopic (exact) mass is 244 g/mol. The van der Waals surface area contributed by atoms with Crippen molar-refractivity contribution >= 4 is 17.3 Å². The van der Waals surface area contributed by atoms with E-state index in [0.29, 0.717) is 23.2 Å². The van der Waals surface area contributed by atoms with Crippen LogP contribution in [0.3, 0.4) is 0 Å². The molecular formula is C11H12N6O. The summed E-state index contributed by atoms with van der Waals surface area (Å²) < 4.78 is 6.77. The van der Waals surface area contributed by atoms with Crippen LogP contribution in [0.25, 0.3) is 17.2 Å². The maximum absolute atomic E-state index is 5.84. The quantitative estimate of drug-likeness (QED) is 0.706. The average molecular weight is 244 g/mol. The number of nitrogens with zero attached hydrogens (tertiary/aromatic N) is 4. The van der Waals surface area contributed by atoms with Crippen LogP contribution in [0, 0.1) is 6.92 Å². The molecule has 0 aliphatic carbocycles. The molecule has 18 heavy (non-hydrogen) atoms. The van der Waals surface area contributed by atoms with Gasteiger partial charge in [-0.25, -0.2) is 9.97 Å². The van der Waals surface area contributed by atoms with E-state index in [9.17, 15) is 0 Å². The van der Waals surface area contributed by atoms with Gasteiger partial charge in [0.1, 0.15) is 5.69 Å². The minimum Gasteiger partial charge on any atom is -0.461 e. The molecule has 3 aromatic rings. The Morgan fingerprint density at radius 1 is 1.39 bits per heavy atom. The number of furan rings is 1. The molecule has 3 aromatic heterocycles. The molecule has 0 atom stereocenters. The van der Waals surface area contributed by atoms with Gasteiger partial charge >= 0.3 is 0 Å². The van der Waals surface area contributed by atoms with Crippen LogP contribution in [-0.2, 0) is 0 Å². The average Bonchev–Trinajstić information content (AvgIpc) is 2.97. The van der Waals surface area contributed by atoms with E-state index in [1.54, 1.807) is 25.4 Å². The fourth-order valence-corrected chi connectivity index (χ4v) is 1.87. The first-order valence-corrected chi connectivity index (χ1v) is 5.45. The lowest BCUT2D eigenvalue weighted by atomic mass is 10.3. The number of anilines is 2. The maximum atomic E-state index is 5.84. The Kier molecular flexibility index (Phi) is 2.19. The van der Waals surface area contributed by atoms with Crippen LogP contribution < -0.4 is 11.1 Å². The lowest BCUT2D eigenvalue weighted by molar-refractivity contribution is 0.577. The third-order valence-electron chi connectivity index (χ3n) is 2.68. The van der Waals surface area contributed by atoms with E-state index in [1.165, 1.54) is 4.52 Å². The summed E-state index contributed by atoms with van der Waals surface area (Å²) in [7, 11) is 1.81. The molecule has 0 aromatic carbocycles. The summed E-state index contributed by atoms with van der Waals surface area (Å²) in [6, 6.07) is 3.58. The van der Waals surface area contributed by atoms with Gasteiger partial charge in [-0.05, 0) is 19.1 Å². The van der Waals surface area contributed by atoms with E-state index in [-0.39, 0.29) is 0 Å². The van der Waals surface area contributed by atoms with Gasteiger partial charge < -0.3 is 15.5 Å². The third kappa shape index (κ3) is 1.41.